The molecule has 0 bridgehead atoms. The van der Waals surface area contributed by atoms with Gasteiger partial charge in [-0.25, -0.2) is 4.99 Å². The summed E-state index contributed by atoms with van der Waals surface area (Å²) in [6.45, 7) is 5.17. The van der Waals surface area contributed by atoms with Gasteiger partial charge in [0, 0.05) is 31.1 Å². The zero-order chi connectivity index (χ0) is 22.8. The number of hydrogen-bond donors (Lipinski definition) is 1. The van der Waals surface area contributed by atoms with E-state index in [0.717, 1.165) is 33.6 Å². The minimum absolute atomic E-state index is 0.0631. The predicted molar refractivity (Wildman–Crippen MR) is 132 cm³/mol. The number of likely N-dealkylation sites (N-methyl/N-ethyl adjacent to an activating group) is 1. The smallest absolute Gasteiger partial charge is 0.269 e. The Kier molecular flexibility index (Phi) is 6.35. The van der Waals surface area contributed by atoms with Gasteiger partial charge in [0.25, 0.3) is 5.91 Å². The van der Waals surface area contributed by atoms with Crippen LogP contribution in [0.25, 0.3) is 0 Å². The molecule has 32 heavy (non-hydrogen) atoms. The van der Waals surface area contributed by atoms with Crippen molar-refractivity contribution in [1.29, 1.82) is 5.26 Å². The number of nitriles is 1. The number of nitrogens with zero attached hydrogens (tertiary/aromatic N) is 4. The fourth-order valence-electron chi connectivity index (χ4n) is 3.49. The zero-order valence-electron chi connectivity index (χ0n) is 18.3. The number of benzene rings is 2. The van der Waals surface area contributed by atoms with Crippen LogP contribution in [0.1, 0.15) is 19.4 Å². The van der Waals surface area contributed by atoms with Crippen LogP contribution in [0.2, 0.25) is 0 Å². The van der Waals surface area contributed by atoms with Crippen molar-refractivity contribution in [2.24, 2.45) is 4.99 Å². The summed E-state index contributed by atoms with van der Waals surface area (Å²) in [5, 5.41) is 14.1. The predicted octanol–water partition coefficient (Wildman–Crippen LogP) is 4.99. The molecular formula is C23H23N5O2S2. The van der Waals surface area contributed by atoms with Crippen LogP contribution in [-0.2, 0) is 4.79 Å². The van der Waals surface area contributed by atoms with E-state index in [1.54, 1.807) is 35.9 Å². The Morgan fingerprint density at radius 3 is 2.69 bits per heavy atom. The fraction of sp³-hybridized carbons (Fsp3) is 0.261. The molecule has 0 atom stereocenters. The van der Waals surface area contributed by atoms with Crippen LogP contribution in [0, 0.1) is 11.3 Å². The fourth-order valence-corrected chi connectivity index (χ4v) is 5.87. The minimum Gasteiger partial charge on any atom is -0.497 e. The van der Waals surface area contributed by atoms with E-state index in [1.165, 1.54) is 11.8 Å². The number of fused-ring (bicyclic) bond motifs is 1. The summed E-state index contributed by atoms with van der Waals surface area (Å²) in [4.78, 5) is 23.5. The van der Waals surface area contributed by atoms with Crippen molar-refractivity contribution < 1.29 is 9.53 Å². The van der Waals surface area contributed by atoms with Crippen LogP contribution >= 0.6 is 23.5 Å². The van der Waals surface area contributed by atoms with Gasteiger partial charge in [-0.2, -0.15) is 5.26 Å². The Bertz CT molecular complexity index is 1190. The van der Waals surface area contributed by atoms with E-state index in [9.17, 15) is 10.1 Å². The first-order valence-corrected chi connectivity index (χ1v) is 11.8. The molecule has 0 radical (unpaired) electrons. The second-order valence-electron chi connectivity index (χ2n) is 7.05. The van der Waals surface area contributed by atoms with Gasteiger partial charge < -0.3 is 15.0 Å². The van der Waals surface area contributed by atoms with Gasteiger partial charge >= 0.3 is 0 Å². The summed E-state index contributed by atoms with van der Waals surface area (Å²) in [5.41, 5.74) is 3.01. The van der Waals surface area contributed by atoms with Crippen LogP contribution in [0.4, 0.5) is 17.1 Å². The van der Waals surface area contributed by atoms with Crippen molar-refractivity contribution in [3.05, 3.63) is 51.9 Å². The maximum absolute atomic E-state index is 13.3. The van der Waals surface area contributed by atoms with Crippen LogP contribution in [0.15, 0.2) is 56.2 Å². The Morgan fingerprint density at radius 2 is 2.00 bits per heavy atom. The molecular weight excluding hydrogens is 442 g/mol. The van der Waals surface area contributed by atoms with E-state index < -0.39 is 0 Å². The zero-order valence-corrected chi connectivity index (χ0v) is 19.9. The van der Waals surface area contributed by atoms with E-state index in [-0.39, 0.29) is 5.91 Å². The number of rotatable bonds is 5. The molecule has 0 aromatic heterocycles. The van der Waals surface area contributed by atoms with Crippen molar-refractivity contribution in [3.8, 4) is 11.8 Å². The summed E-state index contributed by atoms with van der Waals surface area (Å²) in [5.74, 6) is 0.713. The Hall–Kier alpha value is -3.09. The van der Waals surface area contributed by atoms with Crippen molar-refractivity contribution in [1.82, 2.24) is 4.90 Å². The molecule has 2 aliphatic heterocycles. The standard InChI is InChI=1S/C23H23N5O2S2/c1-5-25-16-9-7-14(13-24)11-17(16)26-23-28(6-2)21(29)20(32-23)22-27(3)18-12-15(30-4)8-10-19(18)31-22/h7-12,25H,5-6H2,1-4H3/b22-20-,26-23?. The molecule has 1 amide bonds. The highest BCUT2D eigenvalue weighted by atomic mass is 32.2. The topological polar surface area (TPSA) is 81.0 Å². The van der Waals surface area contributed by atoms with Gasteiger partial charge in [-0.1, -0.05) is 11.8 Å². The molecule has 164 valence electrons. The number of nitrogens with one attached hydrogen (secondary N) is 1. The Balaban J connectivity index is 1.74. The molecule has 2 aliphatic rings. The molecule has 0 unspecified atom stereocenters. The van der Waals surface area contributed by atoms with Crippen molar-refractivity contribution in [2.75, 3.05) is 37.5 Å². The first-order valence-electron chi connectivity index (χ1n) is 10.2. The third kappa shape index (κ3) is 3.92. The highest BCUT2D eigenvalue weighted by Gasteiger charge is 2.38. The number of carbonyl (C=O) groups is 1. The van der Waals surface area contributed by atoms with Gasteiger partial charge in [0.1, 0.15) is 10.7 Å². The lowest BCUT2D eigenvalue weighted by Gasteiger charge is -2.15. The summed E-state index contributed by atoms with van der Waals surface area (Å²) in [6.07, 6.45) is 0. The van der Waals surface area contributed by atoms with Crippen molar-refractivity contribution in [2.45, 2.75) is 18.7 Å². The van der Waals surface area contributed by atoms with Crippen molar-refractivity contribution in [3.63, 3.8) is 0 Å². The molecule has 1 N–H and O–H groups in total. The molecule has 0 spiro atoms. The quantitative estimate of drug-likeness (QED) is 0.623. The monoisotopic (exact) mass is 465 g/mol. The maximum Gasteiger partial charge on any atom is 0.269 e. The van der Waals surface area contributed by atoms with Crippen LogP contribution in [-0.4, -0.2) is 43.2 Å². The average Bonchev–Trinajstić information content (AvgIpc) is 3.30. The SMILES string of the molecule is CCNc1ccc(C#N)cc1N=C1S/C(=C2\Sc3ccc(OC)cc3N2C)C(=O)N1CC. The van der Waals surface area contributed by atoms with Crippen LogP contribution in [0.5, 0.6) is 5.75 Å². The van der Waals surface area contributed by atoms with E-state index in [2.05, 4.69) is 11.4 Å². The van der Waals surface area contributed by atoms with E-state index >= 15 is 0 Å². The van der Waals surface area contributed by atoms with Crippen molar-refractivity contribution >= 4 is 51.7 Å². The number of amidine groups is 1. The Morgan fingerprint density at radius 1 is 1.19 bits per heavy atom. The highest BCUT2D eigenvalue weighted by Crippen LogP contribution is 2.51. The first-order chi connectivity index (χ1) is 15.5. The largest absolute Gasteiger partial charge is 0.497 e. The van der Waals surface area contributed by atoms with E-state index in [1.807, 2.05) is 50.1 Å². The lowest BCUT2D eigenvalue weighted by atomic mass is 10.2. The second kappa shape index (κ2) is 9.18. The van der Waals surface area contributed by atoms with Gasteiger partial charge in [-0.05, 0) is 55.9 Å². The van der Waals surface area contributed by atoms with Gasteiger partial charge in [-0.15, -0.1) is 0 Å². The summed E-state index contributed by atoms with van der Waals surface area (Å²) < 4.78 is 5.36. The lowest BCUT2D eigenvalue weighted by molar-refractivity contribution is -0.122. The molecule has 1 saturated heterocycles. The van der Waals surface area contributed by atoms with Crippen LogP contribution < -0.4 is 15.0 Å². The number of thioether (sulfide) groups is 2. The first kappa shape index (κ1) is 22.1. The molecule has 0 aliphatic carbocycles. The molecule has 7 nitrogen and oxygen atoms in total. The normalized spacial score (nSPS) is 18.8. The molecule has 1 fully saturated rings. The number of anilines is 2. The summed E-state index contributed by atoms with van der Waals surface area (Å²) in [6, 6.07) is 13.4. The minimum atomic E-state index is -0.0631. The molecule has 2 aromatic rings. The number of methoxy groups -OCH3 is 1. The maximum atomic E-state index is 13.3. The second-order valence-corrected chi connectivity index (χ2v) is 9.06. The Labute approximate surface area is 196 Å². The van der Waals surface area contributed by atoms with Crippen LogP contribution in [0.3, 0.4) is 0 Å². The third-order valence-corrected chi connectivity index (χ3v) is 7.56. The average molecular weight is 466 g/mol. The van der Waals surface area contributed by atoms with Gasteiger partial charge in [-0.3, -0.25) is 9.69 Å². The third-order valence-electron chi connectivity index (χ3n) is 5.12. The number of amides is 1. The number of aliphatic imine (C=N–C) groups is 1. The molecule has 9 heteroatoms. The highest BCUT2D eigenvalue weighted by molar-refractivity contribution is 8.19. The molecule has 2 aromatic carbocycles. The summed E-state index contributed by atoms with van der Waals surface area (Å²) in [7, 11) is 3.60. The van der Waals surface area contributed by atoms with E-state index in [4.69, 9.17) is 9.73 Å². The lowest BCUT2D eigenvalue weighted by Crippen LogP contribution is -2.29. The summed E-state index contributed by atoms with van der Waals surface area (Å²) >= 11 is 2.94. The number of carbonyl (C=O) groups excluding carboxylic acids is 1. The van der Waals surface area contributed by atoms with E-state index in [0.29, 0.717) is 27.9 Å². The molecule has 4 rings (SSSR count). The molecule has 0 saturated carbocycles. The van der Waals surface area contributed by atoms with Gasteiger partial charge in [0.2, 0.25) is 0 Å². The number of hydrogen-bond acceptors (Lipinski definition) is 8. The van der Waals surface area contributed by atoms with Gasteiger partial charge in [0.05, 0.1) is 40.8 Å². The van der Waals surface area contributed by atoms with Gasteiger partial charge in [0.15, 0.2) is 5.17 Å². The molecule has 2 heterocycles. The number of ether oxygens (including phenoxy) is 1.